The molecule has 0 unspecified atom stereocenters. The number of hydrogen-bond acceptors (Lipinski definition) is 4. The zero-order valence-corrected chi connectivity index (χ0v) is 15.1. The van der Waals surface area contributed by atoms with Gasteiger partial charge in [0.25, 0.3) is 0 Å². The molecule has 1 saturated carbocycles. The number of amides is 1. The van der Waals surface area contributed by atoms with E-state index in [-0.39, 0.29) is 28.2 Å². The van der Waals surface area contributed by atoms with Crippen molar-refractivity contribution in [2.45, 2.75) is 50.8 Å². The molecule has 0 atom stereocenters. The Bertz CT molecular complexity index is 678. The minimum Gasteiger partial charge on any atom is -0.506 e. The highest BCUT2D eigenvalue weighted by Gasteiger charge is 2.25. The average Bonchev–Trinajstić information content (AvgIpc) is 2.58. The minimum absolute atomic E-state index is 0.0683. The molecule has 0 heterocycles. The summed E-state index contributed by atoms with van der Waals surface area (Å²) >= 11 is 0. The highest BCUT2D eigenvalue weighted by atomic mass is 32.2. The van der Waals surface area contributed by atoms with Crippen LogP contribution in [-0.4, -0.2) is 36.8 Å². The van der Waals surface area contributed by atoms with E-state index in [1.54, 1.807) is 13.8 Å². The van der Waals surface area contributed by atoms with Crippen LogP contribution < -0.4 is 5.32 Å². The summed E-state index contributed by atoms with van der Waals surface area (Å²) in [5.41, 5.74) is 0.152. The molecule has 0 saturated heterocycles. The molecule has 1 aromatic carbocycles. The Balaban J connectivity index is 2.23. The quantitative estimate of drug-likeness (QED) is 0.769. The Labute approximate surface area is 143 Å². The molecule has 24 heavy (non-hydrogen) atoms. The molecule has 0 radical (unpaired) electrons. The Morgan fingerprint density at radius 3 is 2.42 bits per heavy atom. The summed E-state index contributed by atoms with van der Waals surface area (Å²) in [5.74, 6) is -0.346. The largest absolute Gasteiger partial charge is 0.506 e. The third-order valence-electron chi connectivity index (χ3n) is 4.55. The van der Waals surface area contributed by atoms with E-state index in [1.807, 2.05) is 0 Å². The number of benzene rings is 1. The van der Waals surface area contributed by atoms with E-state index < -0.39 is 10.0 Å². The number of phenolic OH excluding ortho intramolecular Hbond substituents is 1. The molecule has 134 valence electrons. The van der Waals surface area contributed by atoms with Crippen molar-refractivity contribution < 1.29 is 18.3 Å². The van der Waals surface area contributed by atoms with E-state index in [9.17, 15) is 18.3 Å². The summed E-state index contributed by atoms with van der Waals surface area (Å²) in [4.78, 5) is 12.4. The predicted octanol–water partition coefficient (Wildman–Crippen LogP) is 2.94. The van der Waals surface area contributed by atoms with E-state index in [2.05, 4.69) is 5.32 Å². The molecule has 2 N–H and O–H groups in total. The van der Waals surface area contributed by atoms with Crippen molar-refractivity contribution in [1.82, 2.24) is 4.31 Å². The van der Waals surface area contributed by atoms with Gasteiger partial charge in [-0.25, -0.2) is 8.42 Å². The van der Waals surface area contributed by atoms with Crippen LogP contribution in [0.5, 0.6) is 5.75 Å². The van der Waals surface area contributed by atoms with Gasteiger partial charge in [-0.15, -0.1) is 0 Å². The Hall–Kier alpha value is -1.60. The maximum Gasteiger partial charge on any atom is 0.243 e. The van der Waals surface area contributed by atoms with Crippen molar-refractivity contribution >= 4 is 21.6 Å². The second kappa shape index (κ2) is 7.98. The first-order valence-corrected chi connectivity index (χ1v) is 9.98. The number of carbonyl (C=O) groups is 1. The van der Waals surface area contributed by atoms with Gasteiger partial charge in [0.05, 0.1) is 10.6 Å². The van der Waals surface area contributed by atoms with Crippen molar-refractivity contribution in [2.24, 2.45) is 5.92 Å². The maximum absolute atomic E-state index is 12.6. The zero-order chi connectivity index (χ0) is 17.7. The van der Waals surface area contributed by atoms with Crippen molar-refractivity contribution in [2.75, 3.05) is 18.4 Å². The van der Waals surface area contributed by atoms with Gasteiger partial charge in [-0.3, -0.25) is 4.79 Å². The van der Waals surface area contributed by atoms with Crippen LogP contribution in [0.4, 0.5) is 5.69 Å². The van der Waals surface area contributed by atoms with Crippen molar-refractivity contribution in [1.29, 1.82) is 0 Å². The average molecular weight is 354 g/mol. The van der Waals surface area contributed by atoms with Crippen molar-refractivity contribution in [3.8, 4) is 5.75 Å². The van der Waals surface area contributed by atoms with Gasteiger partial charge in [0.2, 0.25) is 15.9 Å². The Morgan fingerprint density at radius 2 is 1.83 bits per heavy atom. The number of phenols is 1. The molecule has 1 aliphatic carbocycles. The summed E-state index contributed by atoms with van der Waals surface area (Å²) < 4.78 is 26.5. The molecular weight excluding hydrogens is 328 g/mol. The number of sulfonamides is 1. The van der Waals surface area contributed by atoms with Gasteiger partial charge in [-0.05, 0) is 31.0 Å². The van der Waals surface area contributed by atoms with Crippen molar-refractivity contribution in [3.63, 3.8) is 0 Å². The summed E-state index contributed by atoms with van der Waals surface area (Å²) in [6, 6.07) is 4.01. The molecule has 0 spiro atoms. The standard InChI is InChI=1S/C17H26N2O4S/c1-3-19(4-2)24(22,23)14-10-11-16(20)15(12-14)18-17(21)13-8-6-5-7-9-13/h10-13,20H,3-9H2,1-2H3,(H,18,21). The zero-order valence-electron chi connectivity index (χ0n) is 14.3. The Kier molecular flexibility index (Phi) is 6.23. The van der Waals surface area contributed by atoms with Crippen LogP contribution in [0.25, 0.3) is 0 Å². The fourth-order valence-corrected chi connectivity index (χ4v) is 4.57. The van der Waals surface area contributed by atoms with Crippen LogP contribution in [0.15, 0.2) is 23.1 Å². The first-order valence-electron chi connectivity index (χ1n) is 8.54. The van der Waals surface area contributed by atoms with E-state index in [0.29, 0.717) is 13.1 Å². The second-order valence-corrected chi connectivity index (χ2v) is 8.03. The number of nitrogens with zero attached hydrogens (tertiary/aromatic N) is 1. The molecule has 1 aromatic rings. The molecule has 6 nitrogen and oxygen atoms in total. The van der Waals surface area contributed by atoms with E-state index in [1.165, 1.54) is 22.5 Å². The smallest absolute Gasteiger partial charge is 0.243 e. The Morgan fingerprint density at radius 1 is 1.21 bits per heavy atom. The molecule has 1 fully saturated rings. The third kappa shape index (κ3) is 4.08. The highest BCUT2D eigenvalue weighted by Crippen LogP contribution is 2.30. The highest BCUT2D eigenvalue weighted by molar-refractivity contribution is 7.89. The second-order valence-electron chi connectivity index (χ2n) is 6.09. The van der Waals surface area contributed by atoms with Gasteiger partial charge in [-0.1, -0.05) is 33.1 Å². The number of hydrogen-bond donors (Lipinski definition) is 2. The van der Waals surface area contributed by atoms with E-state index >= 15 is 0 Å². The SMILES string of the molecule is CCN(CC)S(=O)(=O)c1ccc(O)c(NC(=O)C2CCCCC2)c1. The van der Waals surface area contributed by atoms with E-state index in [0.717, 1.165) is 32.1 Å². The number of nitrogens with one attached hydrogen (secondary N) is 1. The van der Waals surface area contributed by atoms with Gasteiger partial charge >= 0.3 is 0 Å². The monoisotopic (exact) mass is 354 g/mol. The van der Waals surface area contributed by atoms with Gasteiger partial charge in [0, 0.05) is 19.0 Å². The summed E-state index contributed by atoms with van der Waals surface area (Å²) in [6.07, 6.45) is 4.88. The topological polar surface area (TPSA) is 86.7 Å². The lowest BCUT2D eigenvalue weighted by molar-refractivity contribution is -0.120. The summed E-state index contributed by atoms with van der Waals surface area (Å²) in [6.45, 7) is 4.27. The third-order valence-corrected chi connectivity index (χ3v) is 6.59. The van der Waals surface area contributed by atoms with Crippen LogP contribution >= 0.6 is 0 Å². The fraction of sp³-hybridized carbons (Fsp3) is 0.588. The van der Waals surface area contributed by atoms with Gasteiger partial charge in [-0.2, -0.15) is 4.31 Å². The lowest BCUT2D eigenvalue weighted by atomic mass is 9.88. The number of carbonyl (C=O) groups excluding carboxylic acids is 1. The number of aromatic hydroxyl groups is 1. The maximum atomic E-state index is 12.6. The first kappa shape index (κ1) is 18.7. The number of rotatable bonds is 6. The summed E-state index contributed by atoms with van der Waals surface area (Å²) in [7, 11) is -3.63. The van der Waals surface area contributed by atoms with Crippen LogP contribution in [0.1, 0.15) is 46.0 Å². The van der Waals surface area contributed by atoms with Crippen LogP contribution in [0.2, 0.25) is 0 Å². The predicted molar refractivity (Wildman–Crippen MR) is 93.4 cm³/mol. The van der Waals surface area contributed by atoms with Crippen LogP contribution in [0.3, 0.4) is 0 Å². The lowest BCUT2D eigenvalue weighted by Crippen LogP contribution is -2.30. The molecule has 0 bridgehead atoms. The molecule has 2 rings (SSSR count). The lowest BCUT2D eigenvalue weighted by Gasteiger charge is -2.22. The van der Waals surface area contributed by atoms with Gasteiger partial charge in [0.1, 0.15) is 5.75 Å². The van der Waals surface area contributed by atoms with Crippen LogP contribution in [0, 0.1) is 5.92 Å². The van der Waals surface area contributed by atoms with Gasteiger partial charge < -0.3 is 10.4 Å². The van der Waals surface area contributed by atoms with Crippen molar-refractivity contribution in [3.05, 3.63) is 18.2 Å². The van der Waals surface area contributed by atoms with Crippen LogP contribution in [-0.2, 0) is 14.8 Å². The molecular formula is C17H26N2O4S. The normalized spacial score (nSPS) is 16.3. The molecule has 0 aliphatic heterocycles. The first-order chi connectivity index (χ1) is 11.4. The number of anilines is 1. The molecule has 1 amide bonds. The minimum atomic E-state index is -3.63. The van der Waals surface area contributed by atoms with E-state index in [4.69, 9.17) is 0 Å². The molecule has 0 aromatic heterocycles. The van der Waals surface area contributed by atoms with Gasteiger partial charge in [0.15, 0.2) is 0 Å². The molecule has 1 aliphatic rings. The summed E-state index contributed by atoms with van der Waals surface area (Å²) in [5, 5.41) is 12.7. The fourth-order valence-electron chi connectivity index (χ4n) is 3.09. The molecule has 7 heteroatoms.